The lowest BCUT2D eigenvalue weighted by Gasteiger charge is -2.11. The fraction of sp³-hybridized carbons (Fsp3) is 0.0182. The van der Waals surface area contributed by atoms with E-state index in [2.05, 4.69) is 216 Å². The van der Waals surface area contributed by atoms with Gasteiger partial charge in [-0.1, -0.05) is 121 Å². The maximum absolute atomic E-state index is 2.42. The number of hydrogen-bond acceptors (Lipinski definition) is 1. The quantitative estimate of drug-likeness (QED) is 0.166. The largest absolute Gasteiger partial charge is 0.309 e. The summed E-state index contributed by atoms with van der Waals surface area (Å²) in [6.45, 7) is 2.22. The minimum atomic E-state index is 1.16. The lowest BCUT2D eigenvalue weighted by atomic mass is 9.94. The van der Waals surface area contributed by atoms with E-state index in [1.165, 1.54) is 108 Å². The summed E-state index contributed by atoms with van der Waals surface area (Å²) in [5.41, 5.74) is 15.8. The Morgan fingerprint density at radius 3 is 1.45 bits per heavy atom. The molecule has 0 radical (unpaired) electrons. The molecule has 12 aromatic rings. The van der Waals surface area contributed by atoms with Crippen molar-refractivity contribution in [1.82, 2.24) is 9.13 Å². The van der Waals surface area contributed by atoms with Gasteiger partial charge >= 0.3 is 0 Å². The van der Waals surface area contributed by atoms with Crippen LogP contribution < -0.4 is 0 Å². The summed E-state index contributed by atoms with van der Waals surface area (Å²) in [6, 6.07) is 73.8. The molecule has 0 bridgehead atoms. The van der Waals surface area contributed by atoms with E-state index < -0.39 is 0 Å². The Kier molecular flexibility index (Phi) is 7.35. The number of para-hydroxylation sites is 3. The molecule has 0 saturated heterocycles. The number of hydrogen-bond donors (Lipinski definition) is 0. The number of aromatic nitrogens is 2. The van der Waals surface area contributed by atoms with Crippen LogP contribution in [-0.2, 0) is 0 Å². The summed E-state index contributed by atoms with van der Waals surface area (Å²) in [5, 5.41) is 7.68. The lowest BCUT2D eigenvalue weighted by molar-refractivity contribution is 1.18. The average molecular weight is 757 g/mol. The molecule has 0 N–H and O–H groups in total. The molecule has 2 nitrogen and oxygen atoms in total. The van der Waals surface area contributed by atoms with Crippen LogP contribution in [-0.4, -0.2) is 9.13 Å². The topological polar surface area (TPSA) is 9.86 Å². The molecular weight excluding hydrogens is 721 g/mol. The van der Waals surface area contributed by atoms with Crippen LogP contribution in [0.3, 0.4) is 0 Å². The molecule has 0 aliphatic carbocycles. The van der Waals surface area contributed by atoms with E-state index >= 15 is 0 Å². The van der Waals surface area contributed by atoms with Crippen molar-refractivity contribution in [3.63, 3.8) is 0 Å². The summed E-state index contributed by atoms with van der Waals surface area (Å²) >= 11 is 1.89. The van der Waals surface area contributed by atoms with Crippen molar-refractivity contribution < 1.29 is 0 Å². The molecule has 0 saturated carbocycles. The van der Waals surface area contributed by atoms with Gasteiger partial charge in [0.2, 0.25) is 0 Å². The minimum absolute atomic E-state index is 1.16. The van der Waals surface area contributed by atoms with E-state index in [1.54, 1.807) is 0 Å². The Labute approximate surface area is 340 Å². The van der Waals surface area contributed by atoms with Crippen LogP contribution in [0, 0.1) is 6.92 Å². The zero-order valence-electron chi connectivity index (χ0n) is 31.9. The molecule has 3 heterocycles. The lowest BCUT2D eigenvalue weighted by Crippen LogP contribution is -1.93. The summed E-state index contributed by atoms with van der Waals surface area (Å²) in [6.07, 6.45) is 0. The summed E-state index contributed by atoms with van der Waals surface area (Å²) in [7, 11) is 0. The van der Waals surface area contributed by atoms with Crippen LogP contribution in [0.25, 0.3) is 109 Å². The predicted molar refractivity (Wildman–Crippen MR) is 249 cm³/mol. The second kappa shape index (κ2) is 12.9. The van der Waals surface area contributed by atoms with Gasteiger partial charge < -0.3 is 9.13 Å². The Bertz CT molecular complexity index is 3570. The van der Waals surface area contributed by atoms with Gasteiger partial charge in [0, 0.05) is 53.1 Å². The number of fused-ring (bicyclic) bond motifs is 9. The molecule has 3 aromatic heterocycles. The normalized spacial score (nSPS) is 11.9. The van der Waals surface area contributed by atoms with Gasteiger partial charge in [0.05, 0.1) is 22.1 Å². The van der Waals surface area contributed by atoms with Gasteiger partial charge in [-0.25, -0.2) is 0 Å². The molecule has 0 unspecified atom stereocenters. The standard InChI is InChI=1S/C55H36N2S/c1-35-29-39(36-23-26-51-47(32-36)44-17-8-10-21-50(44)56(51)41-13-4-2-5-14-41)31-40(30-35)37-24-27-52-48(33-37)49-34-38(25-28-53(49)57(52)42-15-6-3-7-16-42)43-19-12-20-46-45-18-9-11-22-54(45)58-55(43)46/h2-34H,1H3. The van der Waals surface area contributed by atoms with Gasteiger partial charge in [0.15, 0.2) is 0 Å². The van der Waals surface area contributed by atoms with Crippen LogP contribution in [0.1, 0.15) is 5.56 Å². The van der Waals surface area contributed by atoms with Gasteiger partial charge in [-0.2, -0.15) is 0 Å². The van der Waals surface area contributed by atoms with Crippen molar-refractivity contribution in [3.8, 4) is 44.8 Å². The molecule has 0 spiro atoms. The van der Waals surface area contributed by atoms with Gasteiger partial charge in [0.25, 0.3) is 0 Å². The van der Waals surface area contributed by atoms with Crippen molar-refractivity contribution in [3.05, 3.63) is 206 Å². The fourth-order valence-electron chi connectivity index (χ4n) is 9.32. The molecule has 0 atom stereocenters. The monoisotopic (exact) mass is 756 g/mol. The summed E-state index contributed by atoms with van der Waals surface area (Å²) < 4.78 is 7.46. The van der Waals surface area contributed by atoms with E-state index in [0.717, 1.165) is 5.69 Å². The van der Waals surface area contributed by atoms with E-state index in [0.29, 0.717) is 0 Å². The van der Waals surface area contributed by atoms with Gasteiger partial charge in [0.1, 0.15) is 0 Å². The highest BCUT2D eigenvalue weighted by Crippen LogP contribution is 2.43. The first-order chi connectivity index (χ1) is 28.7. The first-order valence-electron chi connectivity index (χ1n) is 19.9. The van der Waals surface area contributed by atoms with Crippen LogP contribution in [0.15, 0.2) is 200 Å². The van der Waals surface area contributed by atoms with Crippen molar-refractivity contribution in [2.45, 2.75) is 6.92 Å². The zero-order chi connectivity index (χ0) is 38.3. The van der Waals surface area contributed by atoms with Crippen molar-refractivity contribution >= 4 is 75.1 Å². The van der Waals surface area contributed by atoms with Crippen molar-refractivity contribution in [2.75, 3.05) is 0 Å². The number of nitrogens with zero attached hydrogens (tertiary/aromatic N) is 2. The summed E-state index contributed by atoms with van der Waals surface area (Å²) in [4.78, 5) is 0. The number of aryl methyl sites for hydroxylation is 1. The van der Waals surface area contributed by atoms with Crippen LogP contribution in [0.4, 0.5) is 0 Å². The Morgan fingerprint density at radius 2 is 0.810 bits per heavy atom. The third kappa shape index (κ3) is 5.10. The van der Waals surface area contributed by atoms with Gasteiger partial charge in [-0.05, 0) is 125 Å². The van der Waals surface area contributed by atoms with Crippen molar-refractivity contribution in [2.24, 2.45) is 0 Å². The summed E-state index contributed by atoms with van der Waals surface area (Å²) in [5.74, 6) is 0. The molecule has 0 aliphatic rings. The highest BCUT2D eigenvalue weighted by molar-refractivity contribution is 7.26. The molecule has 9 aromatic carbocycles. The molecular formula is C55H36N2S. The maximum atomic E-state index is 2.42. The molecule has 12 rings (SSSR count). The Balaban J connectivity index is 1.03. The smallest absolute Gasteiger partial charge is 0.0541 e. The first-order valence-corrected chi connectivity index (χ1v) is 20.7. The van der Waals surface area contributed by atoms with E-state index in [9.17, 15) is 0 Å². The molecule has 0 amide bonds. The second-order valence-corrected chi connectivity index (χ2v) is 16.5. The Morgan fingerprint density at radius 1 is 0.328 bits per heavy atom. The van der Waals surface area contributed by atoms with Crippen LogP contribution >= 0.6 is 11.3 Å². The minimum Gasteiger partial charge on any atom is -0.309 e. The highest BCUT2D eigenvalue weighted by Gasteiger charge is 2.18. The number of rotatable bonds is 5. The highest BCUT2D eigenvalue weighted by atomic mass is 32.1. The van der Waals surface area contributed by atoms with Crippen LogP contribution in [0.2, 0.25) is 0 Å². The van der Waals surface area contributed by atoms with E-state index in [-0.39, 0.29) is 0 Å². The van der Waals surface area contributed by atoms with Crippen molar-refractivity contribution in [1.29, 1.82) is 0 Å². The van der Waals surface area contributed by atoms with Gasteiger partial charge in [-0.3, -0.25) is 0 Å². The molecule has 272 valence electrons. The number of benzene rings is 9. The van der Waals surface area contributed by atoms with E-state index in [1.807, 2.05) is 11.3 Å². The molecule has 0 aliphatic heterocycles. The molecule has 0 fully saturated rings. The van der Waals surface area contributed by atoms with Gasteiger partial charge in [-0.15, -0.1) is 11.3 Å². The third-order valence-electron chi connectivity index (χ3n) is 11.9. The predicted octanol–water partition coefficient (Wildman–Crippen LogP) is 15.6. The fourth-order valence-corrected chi connectivity index (χ4v) is 10.6. The first kappa shape index (κ1) is 33.0. The maximum Gasteiger partial charge on any atom is 0.0541 e. The molecule has 3 heteroatoms. The SMILES string of the molecule is Cc1cc(-c2ccc3c(c2)c2ccccc2n3-c2ccccc2)cc(-c2ccc3c(c2)c2cc(-c4cccc5c4sc4ccccc45)ccc2n3-c2ccccc2)c1. The third-order valence-corrected chi connectivity index (χ3v) is 13.1. The van der Waals surface area contributed by atoms with Crippen LogP contribution in [0.5, 0.6) is 0 Å². The Hall–Kier alpha value is -7.20. The molecule has 58 heavy (non-hydrogen) atoms. The zero-order valence-corrected chi connectivity index (χ0v) is 32.7. The van der Waals surface area contributed by atoms with E-state index in [4.69, 9.17) is 0 Å². The number of thiophene rings is 1. The second-order valence-electron chi connectivity index (χ2n) is 15.4. The average Bonchev–Trinajstić information content (AvgIpc) is 3.94.